The third kappa shape index (κ3) is 2.47. The Kier molecular flexibility index (Phi) is 3.56. The molecule has 1 aliphatic carbocycles. The summed E-state index contributed by atoms with van der Waals surface area (Å²) < 4.78 is 19.5. The molecule has 1 N–H and O–H groups in total. The van der Waals surface area contributed by atoms with Crippen LogP contribution < -0.4 is 5.32 Å². The van der Waals surface area contributed by atoms with Crippen LogP contribution in [0.25, 0.3) is 0 Å². The van der Waals surface area contributed by atoms with Crippen molar-refractivity contribution in [2.45, 2.75) is 25.7 Å². The number of fused-ring (bicyclic) bond motifs is 1. The van der Waals surface area contributed by atoms with E-state index in [1.54, 1.807) is 6.07 Å². The van der Waals surface area contributed by atoms with Crippen LogP contribution in [0.1, 0.15) is 34.7 Å². The molecule has 0 saturated heterocycles. The van der Waals surface area contributed by atoms with Gasteiger partial charge in [0.2, 0.25) is 0 Å². The molecule has 20 heavy (non-hydrogen) atoms. The molecule has 1 aromatic heterocycles. The summed E-state index contributed by atoms with van der Waals surface area (Å²) in [4.78, 5) is 12.2. The average Bonchev–Trinajstić information content (AvgIpc) is 2.86. The number of aromatic nitrogens is 1. The largest absolute Gasteiger partial charge is 0.360 e. The zero-order valence-electron chi connectivity index (χ0n) is 10.6. The summed E-state index contributed by atoms with van der Waals surface area (Å²) in [7, 11) is 0. The number of hydrogen-bond donors (Lipinski definition) is 1. The van der Waals surface area contributed by atoms with Crippen molar-refractivity contribution in [3.05, 3.63) is 45.5 Å². The summed E-state index contributed by atoms with van der Waals surface area (Å²) in [6.07, 6.45) is 3.65. The van der Waals surface area contributed by atoms with Gasteiger partial charge in [-0.1, -0.05) is 21.1 Å². The molecule has 104 valence electrons. The summed E-state index contributed by atoms with van der Waals surface area (Å²) in [6.45, 7) is 0. The van der Waals surface area contributed by atoms with Crippen molar-refractivity contribution in [1.82, 2.24) is 5.16 Å². The van der Waals surface area contributed by atoms with Crippen molar-refractivity contribution in [1.29, 1.82) is 0 Å². The van der Waals surface area contributed by atoms with Crippen LogP contribution in [0, 0.1) is 5.82 Å². The molecule has 0 unspecified atom stereocenters. The van der Waals surface area contributed by atoms with E-state index in [9.17, 15) is 9.18 Å². The number of halogens is 2. The summed E-state index contributed by atoms with van der Waals surface area (Å²) >= 11 is 3.17. The second kappa shape index (κ2) is 5.36. The maximum Gasteiger partial charge on any atom is 0.278 e. The van der Waals surface area contributed by atoms with Gasteiger partial charge in [-0.25, -0.2) is 4.39 Å². The van der Waals surface area contributed by atoms with Crippen molar-refractivity contribution in [2.24, 2.45) is 0 Å². The first-order valence-electron chi connectivity index (χ1n) is 6.39. The van der Waals surface area contributed by atoms with Crippen molar-refractivity contribution in [3.8, 4) is 0 Å². The lowest BCUT2D eigenvalue weighted by molar-refractivity contribution is 0.101. The first-order valence-corrected chi connectivity index (χ1v) is 7.18. The number of anilines is 1. The molecule has 0 fully saturated rings. The molecule has 1 aromatic carbocycles. The standard InChI is InChI=1S/C14H12BrFN2O2/c15-8-5-6-11(10(16)7-8)17-14(19)13-9-3-1-2-4-12(9)20-18-13/h5-7H,1-4H2,(H,17,19). The SMILES string of the molecule is O=C(Nc1ccc(Br)cc1F)c1noc2c1CCCC2. The van der Waals surface area contributed by atoms with Gasteiger partial charge in [-0.05, 0) is 37.5 Å². The van der Waals surface area contributed by atoms with E-state index < -0.39 is 11.7 Å². The molecular weight excluding hydrogens is 327 g/mol. The van der Waals surface area contributed by atoms with Gasteiger partial charge in [-0.2, -0.15) is 0 Å². The Bertz CT molecular complexity index is 669. The molecule has 1 aliphatic rings. The first-order chi connectivity index (χ1) is 9.65. The van der Waals surface area contributed by atoms with Crippen LogP contribution in [-0.4, -0.2) is 11.1 Å². The van der Waals surface area contributed by atoms with Gasteiger partial charge in [-0.15, -0.1) is 0 Å². The van der Waals surface area contributed by atoms with Gasteiger partial charge in [0.15, 0.2) is 5.69 Å². The minimum atomic E-state index is -0.495. The highest BCUT2D eigenvalue weighted by Gasteiger charge is 2.24. The number of carbonyl (C=O) groups is 1. The van der Waals surface area contributed by atoms with Crippen LogP contribution in [0.3, 0.4) is 0 Å². The third-order valence-corrected chi connectivity index (χ3v) is 3.84. The van der Waals surface area contributed by atoms with Crippen LogP contribution in [0.15, 0.2) is 27.2 Å². The van der Waals surface area contributed by atoms with Gasteiger partial charge in [0.25, 0.3) is 5.91 Å². The second-order valence-electron chi connectivity index (χ2n) is 4.72. The van der Waals surface area contributed by atoms with Gasteiger partial charge >= 0.3 is 0 Å². The lowest BCUT2D eigenvalue weighted by Gasteiger charge is -2.09. The molecule has 2 aromatic rings. The molecule has 4 nitrogen and oxygen atoms in total. The van der Waals surface area contributed by atoms with Crippen molar-refractivity contribution in [2.75, 3.05) is 5.32 Å². The number of aryl methyl sites for hydroxylation is 1. The van der Waals surface area contributed by atoms with E-state index in [4.69, 9.17) is 4.52 Å². The Morgan fingerprint density at radius 2 is 2.15 bits per heavy atom. The number of hydrogen-bond acceptors (Lipinski definition) is 3. The molecule has 0 saturated carbocycles. The molecule has 1 heterocycles. The highest BCUT2D eigenvalue weighted by atomic mass is 79.9. The van der Waals surface area contributed by atoms with Crippen LogP contribution in [0.5, 0.6) is 0 Å². The number of carbonyl (C=O) groups excluding carboxylic acids is 1. The minimum Gasteiger partial charge on any atom is -0.360 e. The van der Waals surface area contributed by atoms with E-state index in [2.05, 4.69) is 26.4 Å². The van der Waals surface area contributed by atoms with Gasteiger partial charge < -0.3 is 9.84 Å². The fourth-order valence-electron chi connectivity index (χ4n) is 2.34. The predicted molar refractivity (Wildman–Crippen MR) is 75.2 cm³/mol. The average molecular weight is 339 g/mol. The van der Waals surface area contributed by atoms with Crippen LogP contribution in [0.4, 0.5) is 10.1 Å². The zero-order chi connectivity index (χ0) is 14.1. The monoisotopic (exact) mass is 338 g/mol. The lowest BCUT2D eigenvalue weighted by atomic mass is 9.96. The number of benzene rings is 1. The number of rotatable bonds is 2. The van der Waals surface area contributed by atoms with Crippen molar-refractivity contribution >= 4 is 27.5 Å². The fraction of sp³-hybridized carbons (Fsp3) is 0.286. The normalized spacial score (nSPS) is 13.9. The summed E-state index contributed by atoms with van der Waals surface area (Å²) in [6, 6.07) is 4.47. The van der Waals surface area contributed by atoms with Crippen LogP contribution in [0.2, 0.25) is 0 Å². The van der Waals surface area contributed by atoms with Gasteiger partial charge in [0.1, 0.15) is 11.6 Å². The zero-order valence-corrected chi connectivity index (χ0v) is 12.2. The highest BCUT2D eigenvalue weighted by Crippen LogP contribution is 2.25. The second-order valence-corrected chi connectivity index (χ2v) is 5.63. The maximum atomic E-state index is 13.7. The predicted octanol–water partition coefficient (Wildman–Crippen LogP) is 3.71. The van der Waals surface area contributed by atoms with E-state index in [-0.39, 0.29) is 11.4 Å². The Morgan fingerprint density at radius 3 is 2.95 bits per heavy atom. The molecule has 3 rings (SSSR count). The molecule has 0 bridgehead atoms. The Morgan fingerprint density at radius 1 is 1.35 bits per heavy atom. The fourth-order valence-corrected chi connectivity index (χ4v) is 2.67. The van der Waals surface area contributed by atoms with Gasteiger partial charge in [-0.3, -0.25) is 4.79 Å². The number of amides is 1. The number of nitrogens with one attached hydrogen (secondary N) is 1. The summed E-state index contributed by atoms with van der Waals surface area (Å²) in [5.74, 6) is -0.152. The quantitative estimate of drug-likeness (QED) is 0.908. The topological polar surface area (TPSA) is 55.1 Å². The van der Waals surface area contributed by atoms with E-state index >= 15 is 0 Å². The van der Waals surface area contributed by atoms with Crippen molar-refractivity contribution in [3.63, 3.8) is 0 Å². The Labute approximate surface area is 123 Å². The lowest BCUT2D eigenvalue weighted by Crippen LogP contribution is -2.16. The summed E-state index contributed by atoms with van der Waals surface area (Å²) in [5, 5.41) is 6.36. The molecule has 0 radical (unpaired) electrons. The molecule has 0 spiro atoms. The molecule has 6 heteroatoms. The maximum absolute atomic E-state index is 13.7. The van der Waals surface area contributed by atoms with Gasteiger partial charge in [0.05, 0.1) is 5.69 Å². The Hall–Kier alpha value is -1.69. The van der Waals surface area contributed by atoms with Crippen LogP contribution >= 0.6 is 15.9 Å². The smallest absolute Gasteiger partial charge is 0.278 e. The molecule has 0 aliphatic heterocycles. The van der Waals surface area contributed by atoms with E-state index in [0.717, 1.165) is 37.0 Å². The highest BCUT2D eigenvalue weighted by molar-refractivity contribution is 9.10. The van der Waals surface area contributed by atoms with Gasteiger partial charge in [0, 0.05) is 16.5 Å². The number of nitrogens with zero attached hydrogens (tertiary/aromatic N) is 1. The third-order valence-electron chi connectivity index (χ3n) is 3.34. The van der Waals surface area contributed by atoms with Crippen molar-refractivity contribution < 1.29 is 13.7 Å². The van der Waals surface area contributed by atoms with Crippen LogP contribution in [-0.2, 0) is 12.8 Å². The minimum absolute atomic E-state index is 0.130. The van der Waals surface area contributed by atoms with E-state index in [0.29, 0.717) is 4.47 Å². The Balaban J connectivity index is 1.84. The molecule has 1 amide bonds. The molecule has 0 atom stereocenters. The van der Waals surface area contributed by atoms with E-state index in [1.165, 1.54) is 12.1 Å². The first kappa shape index (κ1) is 13.3. The molecular formula is C14H12BrFN2O2. The van der Waals surface area contributed by atoms with E-state index in [1.807, 2.05) is 0 Å². The summed E-state index contributed by atoms with van der Waals surface area (Å²) in [5.41, 5.74) is 1.25.